The fraction of sp³-hybridized carbons (Fsp3) is 0.0909. The molecule has 42 heavy (non-hydrogen) atoms. The van der Waals surface area contributed by atoms with Crippen LogP contribution >= 0.6 is 24.4 Å². The summed E-state index contributed by atoms with van der Waals surface area (Å²) < 4.78 is 65.0. The monoisotopic (exact) mass is 645 g/mol. The van der Waals surface area contributed by atoms with Crippen LogP contribution in [0.3, 0.4) is 0 Å². The maximum atomic E-state index is 13.5. The smallest absolute Gasteiger partial charge is 0.313 e. The van der Waals surface area contributed by atoms with E-state index in [1.807, 2.05) is 0 Å². The molecule has 1 aromatic heterocycles. The van der Waals surface area contributed by atoms with Gasteiger partial charge in [-0.1, -0.05) is 16.1 Å². The molecular formula is C22H17F2N5O10S3. The molecule has 15 nitrogen and oxygen atoms in total. The summed E-state index contributed by atoms with van der Waals surface area (Å²) in [6, 6.07) is 12.3. The maximum absolute atomic E-state index is 13.5. The van der Waals surface area contributed by atoms with Gasteiger partial charge in [0, 0.05) is 17.1 Å². The fourth-order valence-electron chi connectivity index (χ4n) is 3.39. The predicted molar refractivity (Wildman–Crippen MR) is 143 cm³/mol. The Morgan fingerprint density at radius 1 is 0.952 bits per heavy atom. The predicted octanol–water partition coefficient (Wildman–Crippen LogP) is 5.98. The number of phenols is 1. The van der Waals surface area contributed by atoms with E-state index in [1.54, 1.807) is 12.1 Å². The second-order valence-electron chi connectivity index (χ2n) is 7.75. The van der Waals surface area contributed by atoms with Crippen molar-refractivity contribution in [3.8, 4) is 5.75 Å². The van der Waals surface area contributed by atoms with Gasteiger partial charge in [0.05, 0.1) is 39.9 Å². The van der Waals surface area contributed by atoms with Crippen molar-refractivity contribution in [3.63, 3.8) is 0 Å². The standard InChI is InChI=1S/C22H17F2N5O10S3/c23-18-11-19(27-22(24)26-18)25-14-2-1-12-9-17(40-38-36-31)20(21(30)16(12)10-14)29-28-13-3-5-15(6-4-13)42(33,34)8-7-35-41-39-37-32/h1-6,9-11,30-32H,7-8H2,(H,25,26,27)/b29-28+. The topological polar surface area (TPSA) is 204 Å². The lowest BCUT2D eigenvalue weighted by molar-refractivity contribution is -0.434. The van der Waals surface area contributed by atoms with Gasteiger partial charge in [-0.25, -0.2) is 18.9 Å². The Balaban J connectivity index is 1.59. The van der Waals surface area contributed by atoms with Crippen molar-refractivity contribution in [1.82, 2.24) is 9.97 Å². The summed E-state index contributed by atoms with van der Waals surface area (Å²) >= 11 is 0.767. The second kappa shape index (κ2) is 14.6. The number of hydrogen-bond donors (Lipinski definition) is 4. The van der Waals surface area contributed by atoms with Gasteiger partial charge in [0.2, 0.25) is 5.95 Å². The summed E-state index contributed by atoms with van der Waals surface area (Å²) in [6.45, 7) is -0.261. The van der Waals surface area contributed by atoms with Crippen molar-refractivity contribution in [2.24, 2.45) is 10.2 Å². The molecule has 0 bridgehead atoms. The normalized spacial score (nSPS) is 11.9. The lowest BCUT2D eigenvalue weighted by Crippen LogP contribution is -2.10. The van der Waals surface area contributed by atoms with Crippen LogP contribution in [0.2, 0.25) is 0 Å². The number of anilines is 2. The molecule has 4 rings (SSSR count). The van der Waals surface area contributed by atoms with Crippen molar-refractivity contribution >= 4 is 67.9 Å². The average Bonchev–Trinajstić information content (AvgIpc) is 2.95. The van der Waals surface area contributed by atoms with Crippen molar-refractivity contribution in [2.45, 2.75) is 9.79 Å². The minimum Gasteiger partial charge on any atom is -0.505 e. The SMILES string of the molecule is O=S(=O)(CCOSOOO)c1ccc(/N=N/c2c(SOOO)cc3ccc(Nc4cc(F)nc(F)n4)cc3c2O)cc1. The van der Waals surface area contributed by atoms with E-state index in [2.05, 4.69) is 44.3 Å². The van der Waals surface area contributed by atoms with Crippen molar-refractivity contribution in [1.29, 1.82) is 0 Å². The number of sulfone groups is 1. The van der Waals surface area contributed by atoms with Crippen LogP contribution in [0.15, 0.2) is 74.6 Å². The fourth-order valence-corrected chi connectivity index (χ4v) is 5.29. The molecule has 4 aromatic rings. The zero-order valence-electron chi connectivity index (χ0n) is 20.6. The number of hydrogen-bond acceptors (Lipinski definition) is 17. The molecule has 0 fully saturated rings. The molecule has 222 valence electrons. The van der Waals surface area contributed by atoms with Gasteiger partial charge >= 0.3 is 6.08 Å². The van der Waals surface area contributed by atoms with Gasteiger partial charge in [0.25, 0.3) is 0 Å². The molecular weight excluding hydrogens is 628 g/mol. The highest BCUT2D eigenvalue weighted by molar-refractivity contribution is 7.94. The molecule has 3 aromatic carbocycles. The zero-order chi connectivity index (χ0) is 30.1. The Kier molecular flexibility index (Phi) is 10.9. The molecule has 0 spiro atoms. The Morgan fingerprint density at radius 2 is 1.71 bits per heavy atom. The minimum atomic E-state index is -3.73. The number of fused-ring (bicyclic) bond motifs is 1. The third kappa shape index (κ3) is 8.25. The highest BCUT2D eigenvalue weighted by Gasteiger charge is 2.17. The molecule has 0 saturated heterocycles. The van der Waals surface area contributed by atoms with E-state index in [1.165, 1.54) is 36.4 Å². The summed E-state index contributed by atoms with van der Waals surface area (Å²) in [4.78, 5) is 6.53. The van der Waals surface area contributed by atoms with E-state index >= 15 is 0 Å². The highest BCUT2D eigenvalue weighted by atomic mass is 32.2. The minimum absolute atomic E-state index is 0.0313. The Hall–Kier alpha value is -3.57. The maximum Gasteiger partial charge on any atom is 0.313 e. The van der Waals surface area contributed by atoms with E-state index in [0.717, 1.165) is 6.07 Å². The van der Waals surface area contributed by atoms with Crippen LogP contribution in [0.5, 0.6) is 5.75 Å². The van der Waals surface area contributed by atoms with Gasteiger partial charge in [0.1, 0.15) is 11.5 Å². The molecule has 0 atom stereocenters. The quantitative estimate of drug-likeness (QED) is 0.0237. The number of aromatic hydroxyl groups is 1. The molecule has 1 heterocycles. The number of rotatable bonds is 14. The Bertz CT molecular complexity index is 1660. The molecule has 4 N–H and O–H groups in total. The van der Waals surface area contributed by atoms with Crippen LogP contribution in [-0.4, -0.2) is 46.4 Å². The number of benzene rings is 3. The number of phenolic OH excluding ortho intramolecular Hbond substituents is 1. The lowest BCUT2D eigenvalue weighted by Gasteiger charge is -2.11. The first-order chi connectivity index (χ1) is 20.2. The van der Waals surface area contributed by atoms with E-state index in [0.29, 0.717) is 23.1 Å². The third-order valence-electron chi connectivity index (χ3n) is 5.15. The van der Waals surface area contributed by atoms with Gasteiger partial charge in [-0.2, -0.15) is 23.9 Å². The van der Waals surface area contributed by atoms with Gasteiger partial charge in [-0.05, 0) is 47.9 Å². The lowest BCUT2D eigenvalue weighted by atomic mass is 10.1. The third-order valence-corrected chi connectivity index (χ3v) is 7.84. The van der Waals surface area contributed by atoms with Crippen LogP contribution < -0.4 is 5.32 Å². The first kappa shape index (κ1) is 31.4. The van der Waals surface area contributed by atoms with Gasteiger partial charge in [-0.3, -0.25) is 4.18 Å². The van der Waals surface area contributed by atoms with Gasteiger partial charge in [-0.15, -0.1) is 13.8 Å². The zero-order valence-corrected chi connectivity index (χ0v) is 23.0. The molecule has 0 unspecified atom stereocenters. The highest BCUT2D eigenvalue weighted by Crippen LogP contribution is 2.44. The summed E-state index contributed by atoms with van der Waals surface area (Å²) in [5.74, 6) is -2.02. The summed E-state index contributed by atoms with van der Waals surface area (Å²) in [7, 11) is -3.73. The summed E-state index contributed by atoms with van der Waals surface area (Å²) in [5.41, 5.74) is 0.414. The largest absolute Gasteiger partial charge is 0.505 e. The number of aromatic nitrogens is 2. The molecule has 0 amide bonds. The molecule has 20 heteroatoms. The molecule has 0 saturated carbocycles. The molecule has 0 aliphatic heterocycles. The average molecular weight is 646 g/mol. The van der Waals surface area contributed by atoms with Crippen LogP contribution in [0.25, 0.3) is 10.8 Å². The van der Waals surface area contributed by atoms with Crippen LogP contribution in [0.4, 0.5) is 31.7 Å². The van der Waals surface area contributed by atoms with Gasteiger partial charge in [0.15, 0.2) is 27.9 Å². The van der Waals surface area contributed by atoms with Crippen molar-refractivity contribution in [3.05, 3.63) is 66.6 Å². The number of azo groups is 1. The summed E-state index contributed by atoms with van der Waals surface area (Å²) in [6.07, 6.45) is -1.27. The summed E-state index contributed by atoms with van der Waals surface area (Å²) in [5, 5.41) is 46.2. The van der Waals surface area contributed by atoms with Gasteiger partial charge < -0.3 is 10.4 Å². The first-order valence-electron chi connectivity index (χ1n) is 11.1. The first-order valence-corrected chi connectivity index (χ1v) is 14.2. The van der Waals surface area contributed by atoms with E-state index in [-0.39, 0.29) is 57.0 Å². The second-order valence-corrected chi connectivity index (χ2v) is 11.1. The van der Waals surface area contributed by atoms with E-state index < -0.39 is 27.6 Å². The molecule has 0 aliphatic carbocycles. The Labute approximate surface area is 243 Å². The van der Waals surface area contributed by atoms with Crippen LogP contribution in [0.1, 0.15) is 0 Å². The number of nitrogens with zero attached hydrogens (tertiary/aromatic N) is 4. The van der Waals surface area contributed by atoms with Crippen molar-refractivity contribution in [2.75, 3.05) is 17.7 Å². The van der Waals surface area contributed by atoms with E-state index in [9.17, 15) is 22.3 Å². The number of nitrogens with one attached hydrogen (secondary N) is 1. The Morgan fingerprint density at radius 3 is 2.43 bits per heavy atom. The van der Waals surface area contributed by atoms with Crippen LogP contribution in [-0.2, 0) is 32.8 Å². The number of halogens is 2. The van der Waals surface area contributed by atoms with Crippen molar-refractivity contribution < 1.29 is 55.7 Å². The molecule has 0 aliphatic rings. The van der Waals surface area contributed by atoms with Crippen LogP contribution in [0, 0.1) is 12.0 Å². The van der Waals surface area contributed by atoms with E-state index in [4.69, 9.17) is 14.7 Å². The molecule has 0 radical (unpaired) electrons.